The first-order valence-electron chi connectivity index (χ1n) is 4.39. The van der Waals surface area contributed by atoms with Gasteiger partial charge in [0.05, 0.1) is 0 Å². The Balaban J connectivity index is 2.51. The maximum atomic E-state index is 11.1. The number of carboxylic acids is 1. The molecule has 0 amide bonds. The van der Waals surface area contributed by atoms with E-state index in [2.05, 4.69) is 4.98 Å². The van der Waals surface area contributed by atoms with Gasteiger partial charge in [-0.15, -0.1) is 0 Å². The van der Waals surface area contributed by atoms with E-state index in [4.69, 9.17) is 5.11 Å². The van der Waals surface area contributed by atoms with Crippen LogP contribution in [0.25, 0.3) is 0 Å². The van der Waals surface area contributed by atoms with Crippen molar-refractivity contribution in [2.75, 3.05) is 0 Å². The maximum absolute atomic E-state index is 11.1. The number of nitrogens with zero attached hydrogens (tertiary/aromatic N) is 2. The third-order valence-corrected chi connectivity index (χ3v) is 2.76. The van der Waals surface area contributed by atoms with Crippen LogP contribution in [0.4, 0.5) is 0 Å². The SMILES string of the molecule is CC1(C(=O)O)CCCn2ccnc21. The van der Waals surface area contributed by atoms with Gasteiger partial charge >= 0.3 is 5.97 Å². The highest BCUT2D eigenvalue weighted by molar-refractivity contribution is 5.79. The Labute approximate surface area is 76.2 Å². The summed E-state index contributed by atoms with van der Waals surface area (Å²) >= 11 is 0. The molecule has 1 N–H and O–H groups in total. The number of aliphatic carboxylic acids is 1. The lowest BCUT2D eigenvalue weighted by molar-refractivity contribution is -0.144. The quantitative estimate of drug-likeness (QED) is 0.702. The third kappa shape index (κ3) is 1.05. The van der Waals surface area contributed by atoms with Crippen LogP contribution in [0.15, 0.2) is 12.4 Å². The molecule has 1 unspecified atom stereocenters. The van der Waals surface area contributed by atoms with Crippen molar-refractivity contribution < 1.29 is 9.90 Å². The average molecular weight is 180 g/mol. The molecular weight excluding hydrogens is 168 g/mol. The molecule has 0 saturated carbocycles. The van der Waals surface area contributed by atoms with Crippen LogP contribution in [0.5, 0.6) is 0 Å². The van der Waals surface area contributed by atoms with Crippen LogP contribution in [-0.2, 0) is 16.8 Å². The Morgan fingerprint density at radius 2 is 2.54 bits per heavy atom. The van der Waals surface area contributed by atoms with Crippen LogP contribution in [0, 0.1) is 0 Å². The highest BCUT2D eigenvalue weighted by Crippen LogP contribution is 2.32. The van der Waals surface area contributed by atoms with Gasteiger partial charge in [-0.1, -0.05) is 0 Å². The van der Waals surface area contributed by atoms with Crippen molar-refractivity contribution in [1.82, 2.24) is 9.55 Å². The van der Waals surface area contributed by atoms with E-state index in [9.17, 15) is 4.79 Å². The summed E-state index contributed by atoms with van der Waals surface area (Å²) in [6.45, 7) is 2.63. The van der Waals surface area contributed by atoms with Gasteiger partial charge in [-0.3, -0.25) is 4.79 Å². The van der Waals surface area contributed by atoms with Crippen molar-refractivity contribution in [1.29, 1.82) is 0 Å². The molecule has 1 atom stereocenters. The number of hydrogen-bond acceptors (Lipinski definition) is 2. The minimum atomic E-state index is -0.790. The van der Waals surface area contributed by atoms with Gasteiger partial charge in [0.1, 0.15) is 11.2 Å². The number of aryl methyl sites for hydroxylation is 1. The van der Waals surface area contributed by atoms with Crippen molar-refractivity contribution >= 4 is 5.97 Å². The fraction of sp³-hybridized carbons (Fsp3) is 0.556. The highest BCUT2D eigenvalue weighted by Gasteiger charge is 2.40. The molecule has 1 aliphatic heterocycles. The van der Waals surface area contributed by atoms with Gasteiger partial charge in [-0.25, -0.2) is 4.98 Å². The predicted octanol–water partition coefficient (Wildman–Crippen LogP) is 1.02. The molecule has 0 fully saturated rings. The zero-order chi connectivity index (χ0) is 9.47. The van der Waals surface area contributed by atoms with Crippen LogP contribution in [-0.4, -0.2) is 20.6 Å². The third-order valence-electron chi connectivity index (χ3n) is 2.76. The van der Waals surface area contributed by atoms with E-state index in [-0.39, 0.29) is 0 Å². The molecule has 0 spiro atoms. The molecule has 0 bridgehead atoms. The molecule has 1 aliphatic rings. The Bertz CT molecular complexity index is 345. The second-order valence-corrected chi connectivity index (χ2v) is 3.69. The first-order valence-corrected chi connectivity index (χ1v) is 4.39. The van der Waals surface area contributed by atoms with E-state index in [1.165, 1.54) is 0 Å². The lowest BCUT2D eigenvalue weighted by Gasteiger charge is -2.29. The normalized spacial score (nSPS) is 26.8. The van der Waals surface area contributed by atoms with Crippen LogP contribution in [0.1, 0.15) is 25.6 Å². The fourth-order valence-electron chi connectivity index (χ4n) is 1.89. The van der Waals surface area contributed by atoms with Crippen LogP contribution < -0.4 is 0 Å². The topological polar surface area (TPSA) is 55.1 Å². The first-order chi connectivity index (χ1) is 6.14. The minimum Gasteiger partial charge on any atom is -0.480 e. The summed E-state index contributed by atoms with van der Waals surface area (Å²) in [6.07, 6.45) is 5.10. The Kier molecular flexibility index (Phi) is 1.65. The van der Waals surface area contributed by atoms with Crippen LogP contribution >= 0.6 is 0 Å². The molecule has 2 heterocycles. The average Bonchev–Trinajstić information content (AvgIpc) is 2.53. The molecule has 2 rings (SSSR count). The summed E-state index contributed by atoms with van der Waals surface area (Å²) in [6, 6.07) is 0. The fourth-order valence-corrected chi connectivity index (χ4v) is 1.89. The summed E-state index contributed by atoms with van der Waals surface area (Å²) in [5.41, 5.74) is -0.790. The molecule has 1 aromatic heterocycles. The molecule has 13 heavy (non-hydrogen) atoms. The van der Waals surface area contributed by atoms with Gasteiger partial charge in [-0.05, 0) is 19.8 Å². The van der Waals surface area contributed by atoms with Gasteiger partial charge in [0.15, 0.2) is 0 Å². The lowest BCUT2D eigenvalue weighted by atomic mass is 9.82. The Morgan fingerprint density at radius 1 is 1.77 bits per heavy atom. The number of aromatic nitrogens is 2. The number of fused-ring (bicyclic) bond motifs is 1. The molecule has 4 nitrogen and oxygen atoms in total. The standard InChI is InChI=1S/C9H12N2O2/c1-9(8(12)13)3-2-5-11-6-4-10-7(9)11/h4,6H,2-3,5H2,1H3,(H,12,13). The van der Waals surface area contributed by atoms with E-state index >= 15 is 0 Å². The summed E-state index contributed by atoms with van der Waals surface area (Å²) in [4.78, 5) is 15.2. The molecule has 4 heteroatoms. The first kappa shape index (κ1) is 8.29. The molecule has 0 saturated heterocycles. The van der Waals surface area contributed by atoms with Crippen molar-refractivity contribution in [3.63, 3.8) is 0 Å². The van der Waals surface area contributed by atoms with Crippen molar-refractivity contribution in [3.8, 4) is 0 Å². The molecular formula is C9H12N2O2. The monoisotopic (exact) mass is 180 g/mol. The van der Waals surface area contributed by atoms with Crippen LogP contribution in [0.3, 0.4) is 0 Å². The smallest absolute Gasteiger partial charge is 0.317 e. The number of imidazole rings is 1. The van der Waals surface area contributed by atoms with Crippen molar-refractivity contribution in [3.05, 3.63) is 18.2 Å². The lowest BCUT2D eigenvalue weighted by Crippen LogP contribution is -2.38. The van der Waals surface area contributed by atoms with Gasteiger partial charge < -0.3 is 9.67 Å². The molecule has 0 radical (unpaired) electrons. The Hall–Kier alpha value is -1.32. The van der Waals surface area contributed by atoms with Gasteiger partial charge in [-0.2, -0.15) is 0 Å². The van der Waals surface area contributed by atoms with Gasteiger partial charge in [0.2, 0.25) is 0 Å². The van der Waals surface area contributed by atoms with E-state index < -0.39 is 11.4 Å². The molecule has 70 valence electrons. The molecule has 0 aliphatic carbocycles. The zero-order valence-corrected chi connectivity index (χ0v) is 7.53. The number of rotatable bonds is 1. The van der Waals surface area contributed by atoms with E-state index in [0.29, 0.717) is 12.2 Å². The summed E-state index contributed by atoms with van der Waals surface area (Å²) in [5.74, 6) is -0.0918. The van der Waals surface area contributed by atoms with Crippen LogP contribution in [0.2, 0.25) is 0 Å². The molecule has 0 aromatic carbocycles. The summed E-state index contributed by atoms with van der Waals surface area (Å²) in [7, 11) is 0. The predicted molar refractivity (Wildman–Crippen MR) is 46.4 cm³/mol. The zero-order valence-electron chi connectivity index (χ0n) is 7.53. The van der Waals surface area contributed by atoms with E-state index in [0.717, 1.165) is 13.0 Å². The van der Waals surface area contributed by atoms with Gasteiger partial charge in [0.25, 0.3) is 0 Å². The number of hydrogen-bond donors (Lipinski definition) is 1. The number of carbonyl (C=O) groups is 1. The highest BCUT2D eigenvalue weighted by atomic mass is 16.4. The second-order valence-electron chi connectivity index (χ2n) is 3.69. The minimum absolute atomic E-state index is 0.680. The van der Waals surface area contributed by atoms with E-state index in [1.807, 2.05) is 10.8 Å². The van der Waals surface area contributed by atoms with Gasteiger partial charge in [0, 0.05) is 18.9 Å². The maximum Gasteiger partial charge on any atom is 0.317 e. The largest absolute Gasteiger partial charge is 0.480 e. The second kappa shape index (κ2) is 2.58. The summed E-state index contributed by atoms with van der Waals surface area (Å²) < 4.78 is 1.93. The van der Waals surface area contributed by atoms with Crippen molar-refractivity contribution in [2.24, 2.45) is 0 Å². The summed E-state index contributed by atoms with van der Waals surface area (Å²) in [5, 5.41) is 9.11. The Morgan fingerprint density at radius 3 is 3.23 bits per heavy atom. The van der Waals surface area contributed by atoms with E-state index in [1.54, 1.807) is 13.1 Å². The van der Waals surface area contributed by atoms with Crippen molar-refractivity contribution in [2.45, 2.75) is 31.7 Å². The molecule has 1 aromatic rings. The number of carboxylic acid groups (broad SMARTS) is 1.